The van der Waals surface area contributed by atoms with Crippen molar-refractivity contribution in [2.75, 3.05) is 32.8 Å². The third kappa shape index (κ3) is 3.77. The molecule has 1 aromatic rings. The molecule has 2 heterocycles. The van der Waals surface area contributed by atoms with E-state index in [9.17, 15) is 18.4 Å². The summed E-state index contributed by atoms with van der Waals surface area (Å²) in [6.45, 7) is 2.26. The lowest BCUT2D eigenvalue weighted by atomic mass is 9.78. The largest absolute Gasteiger partial charge is 0.481 e. The van der Waals surface area contributed by atoms with Crippen molar-refractivity contribution in [1.82, 2.24) is 9.80 Å². The number of rotatable bonds is 5. The molecule has 2 amide bonds. The van der Waals surface area contributed by atoms with Gasteiger partial charge >= 0.3 is 0 Å². The molecular formula is C20H24F2N2O3. The average molecular weight is 378 g/mol. The molecule has 3 aliphatic rings. The van der Waals surface area contributed by atoms with Crippen molar-refractivity contribution in [1.29, 1.82) is 0 Å². The third-order valence-corrected chi connectivity index (χ3v) is 5.95. The summed E-state index contributed by atoms with van der Waals surface area (Å²) >= 11 is 0. The second-order valence-electron chi connectivity index (χ2n) is 8.01. The first-order valence-electron chi connectivity index (χ1n) is 9.62. The number of amides is 2. The number of benzene rings is 1. The van der Waals surface area contributed by atoms with Crippen LogP contribution >= 0.6 is 0 Å². The number of nitrogens with zero attached hydrogens (tertiary/aromatic N) is 2. The monoisotopic (exact) mass is 378 g/mol. The zero-order valence-corrected chi connectivity index (χ0v) is 15.3. The van der Waals surface area contributed by atoms with E-state index < -0.39 is 17.0 Å². The highest BCUT2D eigenvalue weighted by molar-refractivity contribution is 5.86. The first-order chi connectivity index (χ1) is 13.0. The molecule has 0 unspecified atom stereocenters. The van der Waals surface area contributed by atoms with E-state index >= 15 is 0 Å². The Morgan fingerprint density at radius 2 is 2.04 bits per heavy atom. The van der Waals surface area contributed by atoms with E-state index in [-0.39, 0.29) is 24.2 Å². The number of hydrogen-bond acceptors (Lipinski definition) is 3. The molecule has 0 aromatic heterocycles. The molecule has 1 aliphatic carbocycles. The van der Waals surface area contributed by atoms with Crippen LogP contribution in [0.5, 0.6) is 5.75 Å². The van der Waals surface area contributed by atoms with Crippen LogP contribution < -0.4 is 4.74 Å². The van der Waals surface area contributed by atoms with Gasteiger partial charge in [-0.1, -0.05) is 0 Å². The number of carbonyl (C=O) groups excluding carboxylic acids is 2. The molecular weight excluding hydrogens is 354 g/mol. The highest BCUT2D eigenvalue weighted by Gasteiger charge is 2.49. The van der Waals surface area contributed by atoms with Crippen molar-refractivity contribution in [3.63, 3.8) is 0 Å². The minimum absolute atomic E-state index is 0.150. The summed E-state index contributed by atoms with van der Waals surface area (Å²) in [5.41, 5.74) is -0.468. The van der Waals surface area contributed by atoms with Crippen LogP contribution in [0.4, 0.5) is 8.78 Å². The van der Waals surface area contributed by atoms with Crippen molar-refractivity contribution < 1.29 is 23.1 Å². The molecule has 1 saturated carbocycles. The van der Waals surface area contributed by atoms with Gasteiger partial charge < -0.3 is 14.5 Å². The smallest absolute Gasteiger partial charge is 0.260 e. The van der Waals surface area contributed by atoms with Crippen LogP contribution in [0.15, 0.2) is 18.2 Å². The van der Waals surface area contributed by atoms with Crippen LogP contribution in [-0.4, -0.2) is 54.4 Å². The molecule has 1 spiro atoms. The standard InChI is InChI=1S/C20H24F2N2O3/c21-15-4-5-17(16(22)10-15)27-12-18(25)24-9-7-20(13-24)6-1-8-23(19(20)26)11-14-2-3-14/h4-5,10,14H,1-3,6-9,11-13H2/t20-/m1/s1. The SMILES string of the molecule is O=C(COc1ccc(F)cc1F)N1CC[C@]2(CCCN(CC3CC3)C2=O)C1. The minimum atomic E-state index is -0.834. The fourth-order valence-corrected chi connectivity index (χ4v) is 4.23. The Morgan fingerprint density at radius 3 is 2.78 bits per heavy atom. The number of likely N-dealkylation sites (tertiary alicyclic amines) is 2. The lowest BCUT2D eigenvalue weighted by Gasteiger charge is -2.39. The quantitative estimate of drug-likeness (QED) is 0.791. The molecule has 2 saturated heterocycles. The van der Waals surface area contributed by atoms with E-state index in [4.69, 9.17) is 4.74 Å². The van der Waals surface area contributed by atoms with Gasteiger partial charge in [-0.25, -0.2) is 8.78 Å². The summed E-state index contributed by atoms with van der Waals surface area (Å²) in [4.78, 5) is 29.1. The molecule has 0 radical (unpaired) electrons. The summed E-state index contributed by atoms with van der Waals surface area (Å²) in [5, 5.41) is 0. The molecule has 3 fully saturated rings. The molecule has 4 rings (SSSR count). The molecule has 146 valence electrons. The topological polar surface area (TPSA) is 49.9 Å². The van der Waals surface area contributed by atoms with Crippen LogP contribution in [0.1, 0.15) is 32.1 Å². The Morgan fingerprint density at radius 1 is 1.22 bits per heavy atom. The number of hydrogen-bond donors (Lipinski definition) is 0. The van der Waals surface area contributed by atoms with Gasteiger partial charge in [0.1, 0.15) is 5.82 Å². The van der Waals surface area contributed by atoms with Gasteiger partial charge in [0.2, 0.25) is 5.91 Å². The van der Waals surface area contributed by atoms with Gasteiger partial charge in [-0.2, -0.15) is 0 Å². The van der Waals surface area contributed by atoms with Gasteiger partial charge in [0.05, 0.1) is 5.41 Å². The van der Waals surface area contributed by atoms with Crippen molar-refractivity contribution in [2.24, 2.45) is 11.3 Å². The van der Waals surface area contributed by atoms with Crippen molar-refractivity contribution in [3.8, 4) is 5.75 Å². The average Bonchev–Trinajstić information content (AvgIpc) is 3.35. The number of halogens is 2. The Labute approximate surface area is 157 Å². The van der Waals surface area contributed by atoms with Gasteiger partial charge in [0, 0.05) is 32.2 Å². The number of ether oxygens (including phenoxy) is 1. The Balaban J connectivity index is 1.35. The predicted octanol–water partition coefficient (Wildman–Crippen LogP) is 2.59. The third-order valence-electron chi connectivity index (χ3n) is 5.95. The number of carbonyl (C=O) groups is 2. The van der Waals surface area contributed by atoms with Crippen molar-refractivity contribution in [3.05, 3.63) is 29.8 Å². The van der Waals surface area contributed by atoms with E-state index in [1.54, 1.807) is 4.90 Å². The Hall–Kier alpha value is -2.18. The summed E-state index contributed by atoms with van der Waals surface area (Å²) in [7, 11) is 0. The lowest BCUT2D eigenvalue weighted by molar-refractivity contribution is -0.146. The first kappa shape index (κ1) is 18.2. The van der Waals surface area contributed by atoms with E-state index in [2.05, 4.69) is 0 Å². The predicted molar refractivity (Wildman–Crippen MR) is 94.0 cm³/mol. The molecule has 1 atom stereocenters. The van der Waals surface area contributed by atoms with Crippen molar-refractivity contribution in [2.45, 2.75) is 32.1 Å². The zero-order valence-electron chi connectivity index (χ0n) is 15.3. The molecule has 1 aromatic carbocycles. The van der Waals surface area contributed by atoms with Gasteiger partial charge in [0.15, 0.2) is 18.2 Å². The fourth-order valence-electron chi connectivity index (χ4n) is 4.23. The maximum atomic E-state index is 13.6. The summed E-state index contributed by atoms with van der Waals surface area (Å²) < 4.78 is 31.8. The Kier molecular flexibility index (Phi) is 4.78. The second kappa shape index (κ2) is 7.09. The van der Waals surface area contributed by atoms with Crippen LogP contribution in [0.3, 0.4) is 0 Å². The molecule has 0 N–H and O–H groups in total. The van der Waals surface area contributed by atoms with Crippen LogP contribution in [-0.2, 0) is 9.59 Å². The first-order valence-corrected chi connectivity index (χ1v) is 9.62. The van der Waals surface area contributed by atoms with Crippen molar-refractivity contribution >= 4 is 11.8 Å². The highest BCUT2D eigenvalue weighted by atomic mass is 19.1. The molecule has 5 nitrogen and oxygen atoms in total. The summed E-state index contributed by atoms with van der Waals surface area (Å²) in [6, 6.07) is 2.98. The minimum Gasteiger partial charge on any atom is -0.481 e. The highest BCUT2D eigenvalue weighted by Crippen LogP contribution is 2.41. The van der Waals surface area contributed by atoms with Gasteiger partial charge in [0.25, 0.3) is 5.91 Å². The Bertz CT molecular complexity index is 753. The number of piperidine rings is 1. The second-order valence-corrected chi connectivity index (χ2v) is 8.01. The maximum absolute atomic E-state index is 13.6. The van der Waals surface area contributed by atoms with E-state index in [1.807, 2.05) is 4.90 Å². The van der Waals surface area contributed by atoms with E-state index in [0.29, 0.717) is 25.4 Å². The van der Waals surface area contributed by atoms with E-state index in [1.165, 1.54) is 18.9 Å². The maximum Gasteiger partial charge on any atom is 0.260 e. The summed E-state index contributed by atoms with van der Waals surface area (Å²) in [6.07, 6.45) is 4.86. The fraction of sp³-hybridized carbons (Fsp3) is 0.600. The van der Waals surface area contributed by atoms with Gasteiger partial charge in [-0.3, -0.25) is 9.59 Å². The molecule has 27 heavy (non-hydrogen) atoms. The van der Waals surface area contributed by atoms with Crippen LogP contribution in [0, 0.1) is 23.0 Å². The molecule has 0 bridgehead atoms. The van der Waals surface area contributed by atoms with Crippen LogP contribution in [0.2, 0.25) is 0 Å². The van der Waals surface area contributed by atoms with E-state index in [0.717, 1.165) is 38.1 Å². The lowest BCUT2D eigenvalue weighted by Crippen LogP contribution is -2.51. The zero-order chi connectivity index (χ0) is 19.0. The molecule has 2 aliphatic heterocycles. The normalized spacial score (nSPS) is 25.3. The molecule has 7 heteroatoms. The van der Waals surface area contributed by atoms with Crippen LogP contribution in [0.25, 0.3) is 0 Å². The van der Waals surface area contributed by atoms with Gasteiger partial charge in [-0.05, 0) is 50.2 Å². The summed E-state index contributed by atoms with van der Waals surface area (Å²) in [5.74, 6) is -1.12. The van der Waals surface area contributed by atoms with Gasteiger partial charge in [-0.15, -0.1) is 0 Å².